The standard InChI is InChI=1S/C15H16FNS/c1-10-9-11(5-6-13(10)16)17-14-3-2-4-15-12(14)7-8-18-15/h5-9,14,17H,2-4H2,1H3. The van der Waals surface area contributed by atoms with E-state index in [-0.39, 0.29) is 5.82 Å². The highest BCUT2D eigenvalue weighted by Crippen LogP contribution is 2.35. The lowest BCUT2D eigenvalue weighted by Crippen LogP contribution is -2.15. The molecule has 0 spiro atoms. The molecule has 0 saturated heterocycles. The molecule has 18 heavy (non-hydrogen) atoms. The van der Waals surface area contributed by atoms with Gasteiger partial charge in [-0.3, -0.25) is 0 Å². The minimum Gasteiger partial charge on any atom is -0.378 e. The van der Waals surface area contributed by atoms with Gasteiger partial charge in [0.25, 0.3) is 0 Å². The molecule has 0 amide bonds. The largest absolute Gasteiger partial charge is 0.378 e. The topological polar surface area (TPSA) is 12.0 Å². The van der Waals surface area contributed by atoms with Crippen LogP contribution < -0.4 is 5.32 Å². The molecule has 0 bridgehead atoms. The molecular weight excluding hydrogens is 245 g/mol. The second-order valence-electron chi connectivity index (χ2n) is 4.85. The van der Waals surface area contributed by atoms with Crippen LogP contribution in [0, 0.1) is 12.7 Å². The van der Waals surface area contributed by atoms with Crippen LogP contribution in [0.3, 0.4) is 0 Å². The predicted octanol–water partition coefficient (Wildman–Crippen LogP) is 4.69. The number of anilines is 1. The Morgan fingerprint density at radius 3 is 3.06 bits per heavy atom. The number of hydrogen-bond acceptors (Lipinski definition) is 2. The van der Waals surface area contributed by atoms with Gasteiger partial charge in [0.1, 0.15) is 5.82 Å². The first kappa shape index (κ1) is 11.7. The van der Waals surface area contributed by atoms with Crippen LogP contribution in [-0.2, 0) is 6.42 Å². The van der Waals surface area contributed by atoms with Crippen molar-refractivity contribution in [3.05, 3.63) is 51.5 Å². The van der Waals surface area contributed by atoms with Crippen molar-refractivity contribution in [2.24, 2.45) is 0 Å². The van der Waals surface area contributed by atoms with Gasteiger partial charge in [-0.2, -0.15) is 0 Å². The first-order chi connectivity index (χ1) is 8.74. The predicted molar refractivity (Wildman–Crippen MR) is 74.8 cm³/mol. The van der Waals surface area contributed by atoms with E-state index in [4.69, 9.17) is 0 Å². The Morgan fingerprint density at radius 2 is 2.22 bits per heavy atom. The number of thiophene rings is 1. The van der Waals surface area contributed by atoms with Crippen molar-refractivity contribution >= 4 is 17.0 Å². The van der Waals surface area contributed by atoms with Crippen LogP contribution in [0.1, 0.15) is 34.9 Å². The molecule has 1 N–H and O–H groups in total. The molecule has 1 aromatic carbocycles. The van der Waals surface area contributed by atoms with Gasteiger partial charge in [0.2, 0.25) is 0 Å². The van der Waals surface area contributed by atoms with Crippen LogP contribution in [0.25, 0.3) is 0 Å². The Bertz CT molecular complexity index is 561. The first-order valence-electron chi connectivity index (χ1n) is 6.33. The highest BCUT2D eigenvalue weighted by Gasteiger charge is 2.20. The highest BCUT2D eigenvalue weighted by molar-refractivity contribution is 7.10. The molecule has 1 aromatic heterocycles. The molecule has 2 aromatic rings. The summed E-state index contributed by atoms with van der Waals surface area (Å²) in [6.45, 7) is 1.80. The van der Waals surface area contributed by atoms with Crippen molar-refractivity contribution in [3.63, 3.8) is 0 Å². The van der Waals surface area contributed by atoms with Gasteiger partial charge in [-0.1, -0.05) is 0 Å². The van der Waals surface area contributed by atoms with Gasteiger partial charge in [0.05, 0.1) is 6.04 Å². The molecule has 1 aliphatic rings. The van der Waals surface area contributed by atoms with E-state index in [1.165, 1.54) is 29.3 Å². The lowest BCUT2D eigenvalue weighted by atomic mass is 9.94. The summed E-state index contributed by atoms with van der Waals surface area (Å²) < 4.78 is 13.2. The number of aryl methyl sites for hydroxylation is 2. The summed E-state index contributed by atoms with van der Waals surface area (Å²) in [6, 6.07) is 7.84. The maximum Gasteiger partial charge on any atom is 0.126 e. The van der Waals surface area contributed by atoms with Gasteiger partial charge in [-0.05, 0) is 67.0 Å². The number of halogens is 1. The molecule has 3 rings (SSSR count). The van der Waals surface area contributed by atoms with Gasteiger partial charge in [0.15, 0.2) is 0 Å². The molecule has 1 aliphatic carbocycles. The van der Waals surface area contributed by atoms with Gasteiger partial charge >= 0.3 is 0 Å². The Labute approximate surface area is 111 Å². The zero-order valence-electron chi connectivity index (χ0n) is 10.4. The van der Waals surface area contributed by atoms with Gasteiger partial charge < -0.3 is 5.32 Å². The summed E-state index contributed by atoms with van der Waals surface area (Å²) in [5.74, 6) is -0.139. The van der Waals surface area contributed by atoms with Crippen molar-refractivity contribution < 1.29 is 4.39 Å². The van der Waals surface area contributed by atoms with Gasteiger partial charge in [-0.15, -0.1) is 11.3 Å². The maximum absolute atomic E-state index is 13.2. The van der Waals surface area contributed by atoms with Crippen molar-refractivity contribution in [1.82, 2.24) is 0 Å². The lowest BCUT2D eigenvalue weighted by Gasteiger charge is -2.25. The zero-order valence-corrected chi connectivity index (χ0v) is 11.2. The third-order valence-electron chi connectivity index (χ3n) is 3.55. The van der Waals surface area contributed by atoms with E-state index in [2.05, 4.69) is 16.8 Å². The Balaban J connectivity index is 1.84. The molecular formula is C15H16FNS. The summed E-state index contributed by atoms with van der Waals surface area (Å²) in [5, 5.41) is 5.70. The molecule has 1 unspecified atom stereocenters. The van der Waals surface area contributed by atoms with E-state index in [9.17, 15) is 4.39 Å². The number of fused-ring (bicyclic) bond motifs is 1. The molecule has 0 aliphatic heterocycles. The Hall–Kier alpha value is -1.35. The smallest absolute Gasteiger partial charge is 0.126 e. The lowest BCUT2D eigenvalue weighted by molar-refractivity contribution is 0.606. The Morgan fingerprint density at radius 1 is 1.33 bits per heavy atom. The summed E-state index contributed by atoms with van der Waals surface area (Å²) >= 11 is 1.85. The van der Waals surface area contributed by atoms with Crippen LogP contribution in [0.4, 0.5) is 10.1 Å². The molecule has 1 heterocycles. The van der Waals surface area contributed by atoms with E-state index >= 15 is 0 Å². The van der Waals surface area contributed by atoms with Gasteiger partial charge in [-0.25, -0.2) is 4.39 Å². The van der Waals surface area contributed by atoms with Gasteiger partial charge in [0, 0.05) is 10.6 Å². The van der Waals surface area contributed by atoms with E-state index in [1.807, 2.05) is 23.5 Å². The van der Waals surface area contributed by atoms with Crippen molar-refractivity contribution in [1.29, 1.82) is 0 Å². The van der Waals surface area contributed by atoms with E-state index in [1.54, 1.807) is 6.92 Å². The average molecular weight is 261 g/mol. The molecule has 0 fully saturated rings. The third-order valence-corrected chi connectivity index (χ3v) is 4.55. The summed E-state index contributed by atoms with van der Waals surface area (Å²) in [4.78, 5) is 1.50. The van der Waals surface area contributed by atoms with Crippen LogP contribution in [0.2, 0.25) is 0 Å². The van der Waals surface area contributed by atoms with E-state index in [0.717, 1.165) is 12.1 Å². The number of benzene rings is 1. The van der Waals surface area contributed by atoms with Crippen LogP contribution in [0.5, 0.6) is 0 Å². The number of nitrogens with one attached hydrogen (secondary N) is 1. The molecule has 94 valence electrons. The van der Waals surface area contributed by atoms with Crippen molar-refractivity contribution in [2.75, 3.05) is 5.32 Å². The number of rotatable bonds is 2. The number of hydrogen-bond donors (Lipinski definition) is 1. The second-order valence-corrected chi connectivity index (χ2v) is 5.85. The zero-order chi connectivity index (χ0) is 12.5. The fourth-order valence-corrected chi connectivity index (χ4v) is 3.56. The normalized spacial score (nSPS) is 18.4. The minimum atomic E-state index is -0.139. The minimum absolute atomic E-state index is 0.139. The van der Waals surface area contributed by atoms with E-state index < -0.39 is 0 Å². The van der Waals surface area contributed by atoms with Crippen LogP contribution in [0.15, 0.2) is 29.6 Å². The van der Waals surface area contributed by atoms with Crippen LogP contribution in [-0.4, -0.2) is 0 Å². The summed E-state index contributed by atoms with van der Waals surface area (Å²) in [5.41, 5.74) is 3.13. The van der Waals surface area contributed by atoms with Crippen molar-refractivity contribution in [3.8, 4) is 0 Å². The SMILES string of the molecule is Cc1cc(NC2CCCc3sccc32)ccc1F. The molecule has 1 atom stereocenters. The fraction of sp³-hybridized carbons (Fsp3) is 0.333. The molecule has 0 radical (unpaired) electrons. The van der Waals surface area contributed by atoms with Crippen molar-refractivity contribution in [2.45, 2.75) is 32.2 Å². The highest BCUT2D eigenvalue weighted by atomic mass is 32.1. The quantitative estimate of drug-likeness (QED) is 0.827. The fourth-order valence-electron chi connectivity index (χ4n) is 2.57. The Kier molecular flexibility index (Phi) is 3.08. The monoisotopic (exact) mass is 261 g/mol. The molecule has 0 saturated carbocycles. The maximum atomic E-state index is 13.2. The molecule has 1 nitrogen and oxygen atoms in total. The first-order valence-corrected chi connectivity index (χ1v) is 7.21. The average Bonchev–Trinajstić information content (AvgIpc) is 2.83. The molecule has 3 heteroatoms. The second kappa shape index (κ2) is 4.73. The third kappa shape index (κ3) is 2.15. The van der Waals surface area contributed by atoms with Crippen LogP contribution >= 0.6 is 11.3 Å². The summed E-state index contributed by atoms with van der Waals surface area (Å²) in [6.07, 6.45) is 3.58. The van der Waals surface area contributed by atoms with E-state index in [0.29, 0.717) is 11.6 Å². The summed E-state index contributed by atoms with van der Waals surface area (Å²) in [7, 11) is 0.